The summed E-state index contributed by atoms with van der Waals surface area (Å²) in [7, 11) is -4.67. The summed E-state index contributed by atoms with van der Waals surface area (Å²) in [5, 5.41) is 13.4. The normalized spacial score (nSPS) is 13.5. The zero-order chi connectivity index (χ0) is 29.0. The highest BCUT2D eigenvalue weighted by Gasteiger charge is 2.25. The molecule has 0 aliphatic rings. The van der Waals surface area contributed by atoms with Crippen molar-refractivity contribution < 1.29 is 28.8 Å². The molecule has 0 aromatic rings. The van der Waals surface area contributed by atoms with Crippen molar-refractivity contribution in [3.05, 3.63) is 0 Å². The molecule has 39 heavy (non-hydrogen) atoms. The second-order valence-corrected chi connectivity index (χ2v) is 12.7. The van der Waals surface area contributed by atoms with Gasteiger partial charge in [-0.3, -0.25) is 9.32 Å². The second kappa shape index (κ2) is 27.7. The summed E-state index contributed by atoms with van der Waals surface area (Å²) in [4.78, 5) is 30.6. The number of hydrogen-bond donors (Lipinski definition) is 4. The highest BCUT2D eigenvalue weighted by molar-refractivity contribution is 7.46. The van der Waals surface area contributed by atoms with Crippen LogP contribution in [0.3, 0.4) is 0 Å². The van der Waals surface area contributed by atoms with E-state index in [9.17, 15) is 14.5 Å². The lowest BCUT2D eigenvalue weighted by Crippen LogP contribution is -2.46. The summed E-state index contributed by atoms with van der Waals surface area (Å²) in [5.74, 6) is -0.195. The number of nitrogens with one attached hydrogen (secondary N) is 1. The first-order valence-electron chi connectivity index (χ1n) is 16.5. The average Bonchev–Trinajstić information content (AvgIpc) is 2.89. The Kier molecular flexibility index (Phi) is 27.4. The maximum Gasteiger partial charge on any atom is 0.469 e. The standard InChI is InChI=1S/C31H64NO6P/c1-3-5-7-9-11-13-15-17-19-21-23-25-27-31(34)32-29(28-38-39(35,36)37)30(33)26-24-22-20-18-16-14-12-10-8-6-4-2/h29-30,33H,3-28H2,1-2H3,(H,32,34)(H2,35,36,37)/t29-,30+/m0/s1. The quantitative estimate of drug-likeness (QED) is 0.0501. The minimum Gasteiger partial charge on any atom is -0.391 e. The van der Waals surface area contributed by atoms with Gasteiger partial charge in [0.1, 0.15) is 0 Å². The van der Waals surface area contributed by atoms with Gasteiger partial charge in [-0.15, -0.1) is 0 Å². The van der Waals surface area contributed by atoms with Gasteiger partial charge in [0.2, 0.25) is 5.91 Å². The largest absolute Gasteiger partial charge is 0.469 e. The number of aliphatic hydroxyl groups is 1. The van der Waals surface area contributed by atoms with Crippen molar-refractivity contribution in [2.45, 2.75) is 187 Å². The van der Waals surface area contributed by atoms with Crippen LogP contribution in [0.15, 0.2) is 0 Å². The third-order valence-corrected chi connectivity index (χ3v) is 8.08. The van der Waals surface area contributed by atoms with E-state index in [2.05, 4.69) is 23.7 Å². The van der Waals surface area contributed by atoms with E-state index in [-0.39, 0.29) is 5.91 Å². The lowest BCUT2D eigenvalue weighted by molar-refractivity contribution is -0.123. The first-order chi connectivity index (χ1) is 18.8. The van der Waals surface area contributed by atoms with Gasteiger partial charge < -0.3 is 20.2 Å². The van der Waals surface area contributed by atoms with Crippen LogP contribution in [-0.4, -0.2) is 39.6 Å². The van der Waals surface area contributed by atoms with E-state index in [0.717, 1.165) is 38.5 Å². The minimum absolute atomic E-state index is 0.195. The highest BCUT2D eigenvalue weighted by atomic mass is 31.2. The molecule has 0 heterocycles. The zero-order valence-corrected chi connectivity index (χ0v) is 26.4. The molecule has 4 N–H and O–H groups in total. The molecule has 0 aliphatic heterocycles. The van der Waals surface area contributed by atoms with Gasteiger partial charge in [-0.2, -0.15) is 0 Å². The number of rotatable bonds is 30. The molecule has 0 saturated heterocycles. The van der Waals surface area contributed by atoms with Crippen LogP contribution in [0.4, 0.5) is 0 Å². The molecule has 0 aliphatic carbocycles. The first-order valence-corrected chi connectivity index (χ1v) is 18.0. The van der Waals surface area contributed by atoms with Gasteiger partial charge in [-0.25, -0.2) is 4.57 Å². The number of hydrogen-bond acceptors (Lipinski definition) is 4. The monoisotopic (exact) mass is 577 g/mol. The fourth-order valence-corrected chi connectivity index (χ4v) is 5.41. The summed E-state index contributed by atoms with van der Waals surface area (Å²) in [5.41, 5.74) is 0. The number of phosphoric ester groups is 1. The average molecular weight is 578 g/mol. The molecule has 1 amide bonds. The van der Waals surface area contributed by atoms with E-state index in [1.165, 1.54) is 109 Å². The first kappa shape index (κ1) is 38.5. The van der Waals surface area contributed by atoms with Crippen LogP contribution in [0.25, 0.3) is 0 Å². The molecule has 0 unspecified atom stereocenters. The van der Waals surface area contributed by atoms with Crippen molar-refractivity contribution in [3.63, 3.8) is 0 Å². The van der Waals surface area contributed by atoms with Gasteiger partial charge in [-0.1, -0.05) is 155 Å². The molecular weight excluding hydrogens is 513 g/mol. The Labute approximate surface area is 240 Å². The SMILES string of the molecule is CCCCCCCCCCCCCCC(=O)N[C@@H](COP(=O)(O)O)[C@H](O)CCCCCCCCCCCCC. The lowest BCUT2D eigenvalue weighted by atomic mass is 10.0. The predicted octanol–water partition coefficient (Wildman–Crippen LogP) is 8.73. The van der Waals surface area contributed by atoms with Gasteiger partial charge in [0.15, 0.2) is 0 Å². The Hall–Kier alpha value is -0.460. The highest BCUT2D eigenvalue weighted by Crippen LogP contribution is 2.36. The van der Waals surface area contributed by atoms with Gasteiger partial charge in [0.05, 0.1) is 18.8 Å². The van der Waals surface area contributed by atoms with Crippen LogP contribution < -0.4 is 5.32 Å². The van der Waals surface area contributed by atoms with Crippen LogP contribution in [0.5, 0.6) is 0 Å². The fourth-order valence-electron chi connectivity index (χ4n) is 5.05. The number of unbranched alkanes of at least 4 members (excludes halogenated alkanes) is 21. The number of carbonyl (C=O) groups excluding carboxylic acids is 1. The third-order valence-electron chi connectivity index (χ3n) is 7.59. The van der Waals surface area contributed by atoms with E-state index in [0.29, 0.717) is 12.8 Å². The van der Waals surface area contributed by atoms with Crippen LogP contribution in [-0.2, 0) is 13.9 Å². The van der Waals surface area contributed by atoms with Crippen molar-refractivity contribution in [2.75, 3.05) is 6.61 Å². The maximum absolute atomic E-state index is 12.5. The van der Waals surface area contributed by atoms with E-state index in [1.807, 2.05) is 0 Å². The molecule has 0 spiro atoms. The molecule has 0 radical (unpaired) electrons. The van der Waals surface area contributed by atoms with Crippen molar-refractivity contribution in [3.8, 4) is 0 Å². The van der Waals surface area contributed by atoms with Gasteiger partial charge >= 0.3 is 7.82 Å². The molecule has 0 bridgehead atoms. The Morgan fingerprint density at radius 3 is 1.38 bits per heavy atom. The zero-order valence-electron chi connectivity index (χ0n) is 25.6. The van der Waals surface area contributed by atoms with Crippen molar-refractivity contribution in [1.82, 2.24) is 5.32 Å². The summed E-state index contributed by atoms with van der Waals surface area (Å²) >= 11 is 0. The van der Waals surface area contributed by atoms with Crippen molar-refractivity contribution >= 4 is 13.7 Å². The van der Waals surface area contributed by atoms with Crippen molar-refractivity contribution in [1.29, 1.82) is 0 Å². The predicted molar refractivity (Wildman–Crippen MR) is 163 cm³/mol. The van der Waals surface area contributed by atoms with E-state index >= 15 is 0 Å². The lowest BCUT2D eigenvalue weighted by Gasteiger charge is -2.24. The molecule has 8 heteroatoms. The van der Waals surface area contributed by atoms with Crippen LogP contribution in [0.2, 0.25) is 0 Å². The van der Waals surface area contributed by atoms with Crippen LogP contribution >= 0.6 is 7.82 Å². The van der Waals surface area contributed by atoms with Crippen molar-refractivity contribution in [2.24, 2.45) is 0 Å². The molecule has 0 fully saturated rings. The fraction of sp³-hybridized carbons (Fsp3) is 0.968. The number of aliphatic hydroxyl groups excluding tert-OH is 1. The molecule has 234 valence electrons. The Morgan fingerprint density at radius 2 is 1.00 bits per heavy atom. The smallest absolute Gasteiger partial charge is 0.391 e. The Bertz CT molecular complexity index is 585. The maximum atomic E-state index is 12.5. The minimum atomic E-state index is -4.67. The summed E-state index contributed by atoms with van der Waals surface area (Å²) in [6, 6.07) is -0.814. The second-order valence-electron chi connectivity index (χ2n) is 11.5. The summed E-state index contributed by atoms with van der Waals surface area (Å²) in [6.07, 6.45) is 27.9. The van der Waals surface area contributed by atoms with E-state index in [4.69, 9.17) is 9.79 Å². The summed E-state index contributed by atoms with van der Waals surface area (Å²) < 4.78 is 15.8. The van der Waals surface area contributed by atoms with Crippen LogP contribution in [0, 0.1) is 0 Å². The van der Waals surface area contributed by atoms with Gasteiger partial charge in [0.25, 0.3) is 0 Å². The molecular formula is C31H64NO6P. The summed E-state index contributed by atoms with van der Waals surface area (Å²) in [6.45, 7) is 4.08. The number of amides is 1. The molecule has 0 aromatic carbocycles. The van der Waals surface area contributed by atoms with E-state index in [1.54, 1.807) is 0 Å². The Morgan fingerprint density at radius 1 is 0.641 bits per heavy atom. The molecule has 0 saturated carbocycles. The number of carbonyl (C=O) groups is 1. The third kappa shape index (κ3) is 28.9. The molecule has 0 rings (SSSR count). The molecule has 0 aromatic heterocycles. The van der Waals surface area contributed by atoms with Gasteiger partial charge in [0, 0.05) is 6.42 Å². The Balaban J connectivity index is 4.03. The van der Waals surface area contributed by atoms with Crippen LogP contribution in [0.1, 0.15) is 174 Å². The number of phosphoric acid groups is 1. The molecule has 7 nitrogen and oxygen atoms in total. The topological polar surface area (TPSA) is 116 Å². The van der Waals surface area contributed by atoms with E-state index < -0.39 is 26.6 Å². The van der Waals surface area contributed by atoms with Gasteiger partial charge in [-0.05, 0) is 12.8 Å². The molecule has 2 atom stereocenters.